The maximum Gasteiger partial charge on any atom is 0.266 e. The molecule has 0 saturated heterocycles. The minimum Gasteiger partial charge on any atom is -0.399 e. The Bertz CT molecular complexity index is 476. The second-order valence-corrected chi connectivity index (χ2v) is 3.16. The molecule has 0 atom stereocenters. The second kappa shape index (κ2) is 2.94. The summed E-state index contributed by atoms with van der Waals surface area (Å²) in [6.45, 7) is 1.77. The molecule has 2 rings (SSSR count). The summed E-state index contributed by atoms with van der Waals surface area (Å²) in [4.78, 5) is 0. The van der Waals surface area contributed by atoms with E-state index in [-0.39, 0.29) is 5.56 Å². The molecule has 0 fully saturated rings. The Morgan fingerprint density at radius 2 is 2.14 bits per heavy atom. The lowest BCUT2D eigenvalue weighted by atomic mass is 10.1. The van der Waals surface area contributed by atoms with Gasteiger partial charge >= 0.3 is 0 Å². The quantitative estimate of drug-likeness (QED) is 0.689. The molecule has 1 aromatic heterocycles. The third-order valence-corrected chi connectivity index (χ3v) is 2.14. The van der Waals surface area contributed by atoms with E-state index < -0.39 is 6.43 Å². The molecule has 0 amide bonds. The number of nitrogens with zero attached hydrogens (tertiary/aromatic N) is 1. The fraction of sp³-hybridized carbons (Fsp3) is 0.222. The van der Waals surface area contributed by atoms with Crippen molar-refractivity contribution < 1.29 is 8.78 Å². The molecule has 0 saturated carbocycles. The van der Waals surface area contributed by atoms with E-state index in [1.54, 1.807) is 13.0 Å². The summed E-state index contributed by atoms with van der Waals surface area (Å²) in [5.74, 6) is 0. The van der Waals surface area contributed by atoms with Gasteiger partial charge in [0.2, 0.25) is 0 Å². The van der Waals surface area contributed by atoms with Crippen LogP contribution in [-0.2, 0) is 0 Å². The lowest BCUT2D eigenvalue weighted by Gasteiger charge is -2.02. The Kier molecular flexibility index (Phi) is 1.87. The largest absolute Gasteiger partial charge is 0.399 e. The van der Waals surface area contributed by atoms with Gasteiger partial charge < -0.3 is 5.73 Å². The van der Waals surface area contributed by atoms with Crippen LogP contribution in [0, 0.1) is 6.92 Å². The van der Waals surface area contributed by atoms with Crippen molar-refractivity contribution in [2.45, 2.75) is 13.3 Å². The summed E-state index contributed by atoms with van der Waals surface area (Å²) in [5.41, 5.74) is 6.77. The maximum atomic E-state index is 12.6. The third-order valence-electron chi connectivity index (χ3n) is 2.14. The summed E-state index contributed by atoms with van der Waals surface area (Å²) in [5, 5.41) is 7.13. The summed E-state index contributed by atoms with van der Waals surface area (Å²) < 4.78 is 25.2. The van der Waals surface area contributed by atoms with E-state index in [1.165, 1.54) is 6.07 Å². The molecule has 0 aliphatic rings. The van der Waals surface area contributed by atoms with Gasteiger partial charge in [-0.1, -0.05) is 0 Å². The van der Waals surface area contributed by atoms with Crippen molar-refractivity contribution in [1.82, 2.24) is 10.2 Å². The standard InChI is InChI=1S/C9H9F2N3/c1-4-6-2-5(12)3-7(9(10)11)8(6)14-13-4/h2-3,9H,12H2,1H3,(H,13,14). The van der Waals surface area contributed by atoms with Crippen LogP contribution < -0.4 is 5.73 Å². The molecule has 3 N–H and O–H groups in total. The van der Waals surface area contributed by atoms with Gasteiger partial charge in [-0.3, -0.25) is 5.10 Å². The Morgan fingerprint density at radius 3 is 2.79 bits per heavy atom. The monoisotopic (exact) mass is 197 g/mol. The van der Waals surface area contributed by atoms with Crippen LogP contribution in [0.1, 0.15) is 17.7 Å². The van der Waals surface area contributed by atoms with Crippen molar-refractivity contribution in [3.8, 4) is 0 Å². The number of hydrogen-bond acceptors (Lipinski definition) is 2. The molecular weight excluding hydrogens is 188 g/mol. The van der Waals surface area contributed by atoms with E-state index >= 15 is 0 Å². The fourth-order valence-corrected chi connectivity index (χ4v) is 1.46. The minimum atomic E-state index is -2.55. The average molecular weight is 197 g/mol. The highest BCUT2D eigenvalue weighted by Crippen LogP contribution is 2.29. The summed E-state index contributed by atoms with van der Waals surface area (Å²) in [6.07, 6.45) is -2.55. The highest BCUT2D eigenvalue weighted by atomic mass is 19.3. The van der Waals surface area contributed by atoms with E-state index in [0.29, 0.717) is 16.6 Å². The predicted molar refractivity (Wildman–Crippen MR) is 50.2 cm³/mol. The van der Waals surface area contributed by atoms with Crippen LogP contribution in [0.25, 0.3) is 10.9 Å². The predicted octanol–water partition coefficient (Wildman–Crippen LogP) is 2.39. The molecule has 1 aromatic carbocycles. The number of hydrogen-bond donors (Lipinski definition) is 2. The molecular formula is C9H9F2N3. The summed E-state index contributed by atoms with van der Waals surface area (Å²) >= 11 is 0. The molecule has 2 aromatic rings. The fourth-order valence-electron chi connectivity index (χ4n) is 1.46. The topological polar surface area (TPSA) is 54.7 Å². The van der Waals surface area contributed by atoms with Crippen LogP contribution in [0.5, 0.6) is 0 Å². The number of aryl methyl sites for hydroxylation is 1. The Balaban J connectivity index is 2.82. The number of halogens is 2. The molecule has 1 heterocycles. The Hall–Kier alpha value is -1.65. The van der Waals surface area contributed by atoms with Gasteiger partial charge in [0.15, 0.2) is 0 Å². The first kappa shape index (κ1) is 8.93. The van der Waals surface area contributed by atoms with Crippen molar-refractivity contribution in [1.29, 1.82) is 0 Å². The van der Waals surface area contributed by atoms with Gasteiger partial charge in [0.05, 0.1) is 0 Å². The molecule has 0 aliphatic heterocycles. The van der Waals surface area contributed by atoms with Crippen LogP contribution in [0.15, 0.2) is 12.1 Å². The van der Waals surface area contributed by atoms with Crippen LogP contribution in [0.2, 0.25) is 0 Å². The molecule has 0 spiro atoms. The second-order valence-electron chi connectivity index (χ2n) is 3.16. The lowest BCUT2D eigenvalue weighted by Crippen LogP contribution is -1.91. The lowest BCUT2D eigenvalue weighted by molar-refractivity contribution is 0.153. The maximum absolute atomic E-state index is 12.6. The zero-order valence-corrected chi connectivity index (χ0v) is 7.51. The number of aromatic amines is 1. The minimum absolute atomic E-state index is 0.121. The van der Waals surface area contributed by atoms with Crippen molar-refractivity contribution in [3.63, 3.8) is 0 Å². The molecule has 5 heteroatoms. The molecule has 0 aliphatic carbocycles. The number of alkyl halides is 2. The van der Waals surface area contributed by atoms with E-state index in [4.69, 9.17) is 5.73 Å². The number of nitrogen functional groups attached to an aromatic ring is 1. The number of H-pyrrole nitrogens is 1. The van der Waals surface area contributed by atoms with Gasteiger partial charge in [-0.05, 0) is 19.1 Å². The summed E-state index contributed by atoms with van der Waals surface area (Å²) in [7, 11) is 0. The summed E-state index contributed by atoms with van der Waals surface area (Å²) in [6, 6.07) is 2.90. The number of benzene rings is 1. The van der Waals surface area contributed by atoms with E-state index in [2.05, 4.69) is 10.2 Å². The number of rotatable bonds is 1. The van der Waals surface area contributed by atoms with Crippen molar-refractivity contribution in [3.05, 3.63) is 23.4 Å². The molecule has 0 bridgehead atoms. The first-order valence-corrected chi connectivity index (χ1v) is 4.12. The van der Waals surface area contributed by atoms with Gasteiger partial charge in [0, 0.05) is 22.3 Å². The van der Waals surface area contributed by atoms with Crippen LogP contribution in [0.3, 0.4) is 0 Å². The van der Waals surface area contributed by atoms with Gasteiger partial charge in [-0.25, -0.2) is 8.78 Å². The highest BCUT2D eigenvalue weighted by Gasteiger charge is 2.15. The van der Waals surface area contributed by atoms with Crippen molar-refractivity contribution in [2.24, 2.45) is 0 Å². The first-order valence-electron chi connectivity index (χ1n) is 4.12. The van der Waals surface area contributed by atoms with Gasteiger partial charge in [0.25, 0.3) is 6.43 Å². The molecule has 0 radical (unpaired) electrons. The van der Waals surface area contributed by atoms with E-state index in [9.17, 15) is 8.78 Å². The zero-order chi connectivity index (χ0) is 10.3. The molecule has 14 heavy (non-hydrogen) atoms. The van der Waals surface area contributed by atoms with Crippen LogP contribution in [-0.4, -0.2) is 10.2 Å². The van der Waals surface area contributed by atoms with Gasteiger partial charge in [-0.2, -0.15) is 5.10 Å². The van der Waals surface area contributed by atoms with Gasteiger partial charge in [-0.15, -0.1) is 0 Å². The first-order chi connectivity index (χ1) is 6.59. The molecule has 0 unspecified atom stereocenters. The van der Waals surface area contributed by atoms with Gasteiger partial charge in [0.1, 0.15) is 5.52 Å². The number of anilines is 1. The number of nitrogens with one attached hydrogen (secondary N) is 1. The van der Waals surface area contributed by atoms with E-state index in [0.717, 1.165) is 5.69 Å². The highest BCUT2D eigenvalue weighted by molar-refractivity contribution is 5.87. The van der Waals surface area contributed by atoms with Crippen LogP contribution >= 0.6 is 0 Å². The number of aromatic nitrogens is 2. The smallest absolute Gasteiger partial charge is 0.266 e. The number of fused-ring (bicyclic) bond motifs is 1. The van der Waals surface area contributed by atoms with Crippen LogP contribution in [0.4, 0.5) is 14.5 Å². The SMILES string of the molecule is Cc1[nH]nc2c(C(F)F)cc(N)cc12. The zero-order valence-electron chi connectivity index (χ0n) is 7.51. The Morgan fingerprint density at radius 1 is 1.43 bits per heavy atom. The molecule has 3 nitrogen and oxygen atoms in total. The third kappa shape index (κ3) is 1.21. The Labute approximate surface area is 78.9 Å². The molecule has 74 valence electrons. The van der Waals surface area contributed by atoms with Crippen molar-refractivity contribution in [2.75, 3.05) is 5.73 Å². The normalized spacial score (nSPS) is 11.4. The van der Waals surface area contributed by atoms with E-state index in [1.807, 2.05) is 0 Å². The number of nitrogens with two attached hydrogens (primary N) is 1. The van der Waals surface area contributed by atoms with Crippen molar-refractivity contribution >= 4 is 16.6 Å². The average Bonchev–Trinajstić information content (AvgIpc) is 2.47.